The van der Waals surface area contributed by atoms with Gasteiger partial charge in [0.25, 0.3) is 6.43 Å². The number of nitrogens with zero attached hydrogens (tertiary/aromatic N) is 2. The van der Waals surface area contributed by atoms with E-state index in [4.69, 9.17) is 9.68 Å². The van der Waals surface area contributed by atoms with Crippen LogP contribution < -0.4 is 5.43 Å². The molecule has 0 aliphatic rings. The first-order chi connectivity index (χ1) is 12.1. The second-order valence-corrected chi connectivity index (χ2v) is 5.43. The molecule has 0 aliphatic carbocycles. The molecule has 122 valence electrons. The van der Waals surface area contributed by atoms with Gasteiger partial charge in [0.2, 0.25) is 0 Å². The molecule has 0 aliphatic heterocycles. The quantitative estimate of drug-likeness (QED) is 0.596. The highest BCUT2D eigenvalue weighted by Gasteiger charge is 2.17. The molecule has 0 saturated heterocycles. The summed E-state index contributed by atoms with van der Waals surface area (Å²) in [6.45, 7) is 0. The van der Waals surface area contributed by atoms with E-state index in [-0.39, 0.29) is 27.7 Å². The Morgan fingerprint density at radius 2 is 1.92 bits per heavy atom. The van der Waals surface area contributed by atoms with Gasteiger partial charge in [-0.25, -0.2) is 13.8 Å². The second kappa shape index (κ2) is 5.53. The maximum atomic E-state index is 12.9. The fraction of sp³-hybridized carbons (Fsp3) is 0.0556. The number of fused-ring (bicyclic) bond motifs is 3. The standard InChI is InChI=1S/C18H9F2N3O2/c19-17(20)18-22-12-6-5-11-13(24)7-14(25-16(11)15(12)23-18)10-3-1-9(8-21)2-4-10/h1-7,17H,(H,22,23). The predicted molar refractivity (Wildman–Crippen MR) is 87.2 cm³/mol. The van der Waals surface area contributed by atoms with E-state index < -0.39 is 12.2 Å². The van der Waals surface area contributed by atoms with Crippen molar-refractivity contribution >= 4 is 22.0 Å². The van der Waals surface area contributed by atoms with E-state index in [1.165, 1.54) is 18.2 Å². The van der Waals surface area contributed by atoms with Crippen molar-refractivity contribution in [2.45, 2.75) is 6.43 Å². The summed E-state index contributed by atoms with van der Waals surface area (Å²) in [5.41, 5.74) is 1.46. The number of rotatable bonds is 2. The number of imidazole rings is 1. The van der Waals surface area contributed by atoms with Gasteiger partial charge in [0.1, 0.15) is 11.3 Å². The highest BCUT2D eigenvalue weighted by Crippen LogP contribution is 2.28. The molecule has 0 atom stereocenters. The van der Waals surface area contributed by atoms with Crippen LogP contribution in [-0.4, -0.2) is 9.97 Å². The van der Waals surface area contributed by atoms with E-state index in [2.05, 4.69) is 9.97 Å². The lowest BCUT2D eigenvalue weighted by molar-refractivity contribution is 0.142. The summed E-state index contributed by atoms with van der Waals surface area (Å²) in [5.74, 6) is -0.204. The van der Waals surface area contributed by atoms with Gasteiger partial charge in [0.15, 0.2) is 16.8 Å². The summed E-state index contributed by atoms with van der Waals surface area (Å²) < 4.78 is 31.6. The van der Waals surface area contributed by atoms with Gasteiger partial charge in [-0.3, -0.25) is 4.79 Å². The Morgan fingerprint density at radius 3 is 2.60 bits per heavy atom. The van der Waals surface area contributed by atoms with E-state index >= 15 is 0 Å². The van der Waals surface area contributed by atoms with Crippen molar-refractivity contribution in [3.8, 4) is 17.4 Å². The van der Waals surface area contributed by atoms with Gasteiger partial charge in [0, 0.05) is 11.6 Å². The van der Waals surface area contributed by atoms with Crippen LogP contribution in [0, 0.1) is 11.3 Å². The van der Waals surface area contributed by atoms with Gasteiger partial charge < -0.3 is 9.40 Å². The average molecular weight is 337 g/mol. The number of hydrogen-bond acceptors (Lipinski definition) is 4. The van der Waals surface area contributed by atoms with Gasteiger partial charge in [-0.2, -0.15) is 5.26 Å². The molecule has 2 aromatic heterocycles. The lowest BCUT2D eigenvalue weighted by Crippen LogP contribution is -2.00. The van der Waals surface area contributed by atoms with E-state index in [0.717, 1.165) is 0 Å². The Labute approximate surface area is 139 Å². The maximum absolute atomic E-state index is 12.9. The van der Waals surface area contributed by atoms with Gasteiger partial charge in [-0.1, -0.05) is 0 Å². The molecule has 0 unspecified atom stereocenters. The Hall–Kier alpha value is -3.53. The molecule has 0 saturated carbocycles. The number of halogens is 2. The number of H-pyrrole nitrogens is 1. The van der Waals surface area contributed by atoms with Crippen molar-refractivity contribution in [2.75, 3.05) is 0 Å². The molecule has 0 amide bonds. The van der Waals surface area contributed by atoms with Crippen LogP contribution in [0.1, 0.15) is 17.8 Å². The minimum atomic E-state index is -2.75. The fourth-order valence-electron chi connectivity index (χ4n) is 2.66. The summed E-state index contributed by atoms with van der Waals surface area (Å²) >= 11 is 0. The number of hydrogen-bond donors (Lipinski definition) is 1. The minimum absolute atomic E-state index is 0.146. The minimum Gasteiger partial charge on any atom is -0.453 e. The zero-order chi connectivity index (χ0) is 17.6. The van der Waals surface area contributed by atoms with Crippen LogP contribution >= 0.6 is 0 Å². The van der Waals surface area contributed by atoms with Crippen LogP contribution in [0.3, 0.4) is 0 Å². The highest BCUT2D eigenvalue weighted by molar-refractivity contribution is 6.00. The monoisotopic (exact) mass is 337 g/mol. The van der Waals surface area contributed by atoms with Crippen LogP contribution in [-0.2, 0) is 0 Å². The summed E-state index contributed by atoms with van der Waals surface area (Å²) in [4.78, 5) is 18.8. The van der Waals surface area contributed by atoms with Gasteiger partial charge in [-0.05, 0) is 36.4 Å². The van der Waals surface area contributed by atoms with E-state index in [9.17, 15) is 13.6 Å². The van der Waals surface area contributed by atoms with Gasteiger partial charge >= 0.3 is 0 Å². The molecule has 2 heterocycles. The predicted octanol–water partition coefficient (Wildman–Crippen LogP) is 4.15. The van der Waals surface area contributed by atoms with Crippen LogP contribution in [0.25, 0.3) is 33.3 Å². The molecule has 0 radical (unpaired) electrons. The Morgan fingerprint density at radius 1 is 1.16 bits per heavy atom. The number of alkyl halides is 2. The van der Waals surface area contributed by atoms with E-state index in [1.54, 1.807) is 24.3 Å². The molecule has 4 rings (SSSR count). The summed E-state index contributed by atoms with van der Waals surface area (Å²) in [6, 6.07) is 12.9. The third kappa shape index (κ3) is 2.44. The topological polar surface area (TPSA) is 82.7 Å². The molecule has 25 heavy (non-hydrogen) atoms. The Balaban J connectivity index is 1.99. The second-order valence-electron chi connectivity index (χ2n) is 5.43. The normalized spacial score (nSPS) is 11.3. The smallest absolute Gasteiger partial charge is 0.295 e. The van der Waals surface area contributed by atoms with Crippen molar-refractivity contribution in [3.63, 3.8) is 0 Å². The van der Waals surface area contributed by atoms with Crippen molar-refractivity contribution < 1.29 is 13.2 Å². The Bertz CT molecular complexity index is 1200. The third-order valence-electron chi connectivity index (χ3n) is 3.87. The largest absolute Gasteiger partial charge is 0.453 e. The lowest BCUT2D eigenvalue weighted by atomic mass is 10.1. The molecule has 0 fully saturated rings. The zero-order valence-electron chi connectivity index (χ0n) is 12.6. The first kappa shape index (κ1) is 15.0. The summed E-state index contributed by atoms with van der Waals surface area (Å²) in [5, 5.41) is 9.11. The van der Waals surface area contributed by atoms with Gasteiger partial charge in [0.05, 0.1) is 22.5 Å². The number of aromatic amines is 1. The lowest BCUT2D eigenvalue weighted by Gasteiger charge is -2.04. The molecule has 0 bridgehead atoms. The highest BCUT2D eigenvalue weighted by atomic mass is 19.3. The van der Waals surface area contributed by atoms with E-state index in [0.29, 0.717) is 16.6 Å². The molecule has 4 aromatic rings. The molecule has 2 aromatic carbocycles. The Kier molecular flexibility index (Phi) is 3.32. The van der Waals surface area contributed by atoms with Crippen molar-refractivity contribution in [2.24, 2.45) is 0 Å². The van der Waals surface area contributed by atoms with Crippen LogP contribution in [0.5, 0.6) is 0 Å². The number of nitriles is 1. The summed E-state index contributed by atoms with van der Waals surface area (Å²) in [7, 11) is 0. The number of aromatic nitrogens is 2. The van der Waals surface area contributed by atoms with Crippen molar-refractivity contribution in [1.82, 2.24) is 9.97 Å². The molecular weight excluding hydrogens is 328 g/mol. The zero-order valence-corrected chi connectivity index (χ0v) is 12.6. The summed E-state index contributed by atoms with van der Waals surface area (Å²) in [6.07, 6.45) is -2.75. The fourth-order valence-corrected chi connectivity index (χ4v) is 2.66. The van der Waals surface area contributed by atoms with Crippen molar-refractivity contribution in [1.29, 1.82) is 5.26 Å². The molecule has 7 heteroatoms. The van der Waals surface area contributed by atoms with Crippen LogP contribution in [0.2, 0.25) is 0 Å². The third-order valence-corrected chi connectivity index (χ3v) is 3.87. The van der Waals surface area contributed by atoms with Gasteiger partial charge in [-0.15, -0.1) is 0 Å². The molecular formula is C18H9F2N3O2. The van der Waals surface area contributed by atoms with Crippen molar-refractivity contribution in [3.05, 3.63) is 64.1 Å². The number of benzene rings is 2. The first-order valence-corrected chi connectivity index (χ1v) is 7.32. The molecule has 0 spiro atoms. The first-order valence-electron chi connectivity index (χ1n) is 7.32. The number of nitrogens with one attached hydrogen (secondary N) is 1. The maximum Gasteiger partial charge on any atom is 0.295 e. The van der Waals surface area contributed by atoms with Crippen LogP contribution in [0.4, 0.5) is 8.78 Å². The molecule has 1 N–H and O–H groups in total. The van der Waals surface area contributed by atoms with E-state index in [1.807, 2.05) is 6.07 Å². The molecule has 5 nitrogen and oxygen atoms in total. The SMILES string of the molecule is N#Cc1ccc(-c2cc(=O)c3ccc4[nH]c(C(F)F)nc4c3o2)cc1. The van der Waals surface area contributed by atoms with Crippen LogP contribution in [0.15, 0.2) is 51.7 Å². The average Bonchev–Trinajstić information content (AvgIpc) is 3.07.